The van der Waals surface area contributed by atoms with E-state index in [0.717, 1.165) is 11.8 Å². The summed E-state index contributed by atoms with van der Waals surface area (Å²) in [5.41, 5.74) is 1.18. The fourth-order valence-corrected chi connectivity index (χ4v) is 3.37. The molecule has 8 heteroatoms. The summed E-state index contributed by atoms with van der Waals surface area (Å²) in [5, 5.41) is 16.9. The predicted molar refractivity (Wildman–Crippen MR) is 95.9 cm³/mol. The third kappa shape index (κ3) is 3.80. The smallest absolute Gasteiger partial charge is 0.305 e. The van der Waals surface area contributed by atoms with Crippen LogP contribution in [0.5, 0.6) is 0 Å². The first-order valence-corrected chi connectivity index (χ1v) is 8.38. The molecule has 1 aliphatic rings. The highest BCUT2D eigenvalue weighted by Gasteiger charge is 2.40. The zero-order chi connectivity index (χ0) is 17.8. The maximum atomic E-state index is 12.6. The minimum absolute atomic E-state index is 0.271. The molecule has 0 bridgehead atoms. The van der Waals surface area contributed by atoms with Crippen molar-refractivity contribution in [1.29, 1.82) is 0 Å². The average Bonchev–Trinajstić information content (AvgIpc) is 3.22. The molecule has 0 radical (unpaired) electrons. The van der Waals surface area contributed by atoms with E-state index in [2.05, 4.69) is 10.2 Å². The van der Waals surface area contributed by atoms with Gasteiger partial charge in [0.1, 0.15) is 16.7 Å². The fourth-order valence-electron chi connectivity index (χ4n) is 2.29. The molecule has 1 fully saturated rings. The zero-order valence-corrected chi connectivity index (χ0v) is 14.1. The van der Waals surface area contributed by atoms with Gasteiger partial charge in [-0.3, -0.25) is 14.5 Å². The van der Waals surface area contributed by atoms with Crippen LogP contribution < -0.4 is 4.90 Å². The number of carboxylic acid groups (broad SMARTS) is 1. The molecular formula is C17H15N3O4S. The number of amides is 1. The fraction of sp³-hybridized carbons (Fsp3) is 0.176. The molecule has 1 atom stereocenters. The number of nitrogens with zero attached hydrogens (tertiary/aromatic N) is 3. The van der Waals surface area contributed by atoms with Crippen LogP contribution in [0.3, 0.4) is 0 Å². The Hall–Kier alpha value is -2.87. The summed E-state index contributed by atoms with van der Waals surface area (Å²) in [5.74, 6) is -0.773. The Morgan fingerprint density at radius 3 is 2.68 bits per heavy atom. The van der Waals surface area contributed by atoms with Crippen LogP contribution in [0.15, 0.2) is 63.3 Å². The molecular weight excluding hydrogens is 342 g/mol. The van der Waals surface area contributed by atoms with Crippen LogP contribution in [-0.4, -0.2) is 33.1 Å². The molecule has 1 unspecified atom stereocenters. The maximum absolute atomic E-state index is 12.6. The number of aliphatic carboxylic acids is 1. The number of thioether (sulfide) groups is 1. The molecule has 1 aromatic heterocycles. The molecule has 128 valence electrons. The van der Waals surface area contributed by atoms with Gasteiger partial charge in [0.15, 0.2) is 5.17 Å². The van der Waals surface area contributed by atoms with E-state index in [9.17, 15) is 9.59 Å². The Morgan fingerprint density at radius 1 is 1.28 bits per heavy atom. The third-order valence-electron chi connectivity index (χ3n) is 3.47. The van der Waals surface area contributed by atoms with Crippen molar-refractivity contribution >= 4 is 40.2 Å². The van der Waals surface area contributed by atoms with Crippen molar-refractivity contribution in [3.63, 3.8) is 0 Å². The number of furan rings is 1. The van der Waals surface area contributed by atoms with Gasteiger partial charge in [0.05, 0.1) is 18.4 Å². The quantitative estimate of drug-likeness (QED) is 0.655. The second kappa shape index (κ2) is 7.35. The Bertz CT molecular complexity index is 831. The Morgan fingerprint density at radius 2 is 2.04 bits per heavy atom. The summed E-state index contributed by atoms with van der Waals surface area (Å²) in [4.78, 5) is 25.0. The van der Waals surface area contributed by atoms with Crippen LogP contribution in [0.2, 0.25) is 0 Å². The molecule has 1 aliphatic heterocycles. The van der Waals surface area contributed by atoms with Gasteiger partial charge in [0.2, 0.25) is 5.91 Å². The lowest BCUT2D eigenvalue weighted by atomic mass is 10.2. The van der Waals surface area contributed by atoms with Crippen molar-refractivity contribution in [3.05, 3.63) is 54.5 Å². The topological polar surface area (TPSA) is 95.5 Å². The summed E-state index contributed by atoms with van der Waals surface area (Å²) in [6.45, 7) is 1.74. The van der Waals surface area contributed by atoms with Gasteiger partial charge in [0.25, 0.3) is 0 Å². The number of carbonyl (C=O) groups excluding carboxylic acids is 1. The molecule has 1 amide bonds. The minimum atomic E-state index is -1.03. The molecule has 7 nitrogen and oxygen atoms in total. The lowest BCUT2D eigenvalue weighted by Gasteiger charge is -2.15. The summed E-state index contributed by atoms with van der Waals surface area (Å²) in [7, 11) is 0. The van der Waals surface area contributed by atoms with Crippen LogP contribution in [0.1, 0.15) is 19.1 Å². The lowest BCUT2D eigenvalue weighted by molar-refractivity contribution is -0.138. The molecule has 1 saturated heterocycles. The van der Waals surface area contributed by atoms with Gasteiger partial charge in [-0.25, -0.2) is 0 Å². The van der Waals surface area contributed by atoms with Gasteiger partial charge >= 0.3 is 5.97 Å². The van der Waals surface area contributed by atoms with Gasteiger partial charge in [-0.15, -0.1) is 10.2 Å². The predicted octanol–water partition coefficient (Wildman–Crippen LogP) is 2.98. The number of benzene rings is 1. The Labute approximate surface area is 148 Å². The molecule has 3 rings (SSSR count). The molecule has 2 heterocycles. The first-order chi connectivity index (χ1) is 12.1. The second-order valence-corrected chi connectivity index (χ2v) is 6.43. The summed E-state index contributed by atoms with van der Waals surface area (Å²) in [6.07, 6.45) is 1.27. The summed E-state index contributed by atoms with van der Waals surface area (Å²) in [6, 6.07) is 12.5. The second-order valence-electron chi connectivity index (χ2n) is 5.26. The average molecular weight is 357 g/mol. The van der Waals surface area contributed by atoms with Crippen molar-refractivity contribution < 1.29 is 19.1 Å². The molecule has 0 spiro atoms. The maximum Gasteiger partial charge on any atom is 0.305 e. The van der Waals surface area contributed by atoms with Gasteiger partial charge < -0.3 is 9.52 Å². The summed E-state index contributed by atoms with van der Waals surface area (Å²) >= 11 is 1.10. The van der Waals surface area contributed by atoms with Gasteiger partial charge in [-0.2, -0.15) is 0 Å². The van der Waals surface area contributed by atoms with Crippen molar-refractivity contribution in [1.82, 2.24) is 0 Å². The summed E-state index contributed by atoms with van der Waals surface area (Å²) < 4.78 is 5.25. The number of hydrogen-bond donors (Lipinski definition) is 1. The first kappa shape index (κ1) is 17.0. The molecule has 1 aromatic carbocycles. The van der Waals surface area contributed by atoms with Crippen LogP contribution in [0.4, 0.5) is 5.69 Å². The molecule has 1 N–H and O–H groups in total. The third-order valence-corrected chi connectivity index (χ3v) is 4.60. The molecule has 0 aliphatic carbocycles. The monoisotopic (exact) mass is 357 g/mol. The highest BCUT2D eigenvalue weighted by molar-refractivity contribution is 8.16. The molecule has 0 saturated carbocycles. The van der Waals surface area contributed by atoms with E-state index in [1.165, 1.54) is 11.2 Å². The van der Waals surface area contributed by atoms with E-state index < -0.39 is 11.2 Å². The number of amidine groups is 1. The molecule has 2 aromatic rings. The lowest BCUT2D eigenvalue weighted by Crippen LogP contribution is -2.32. The van der Waals surface area contributed by atoms with Crippen molar-refractivity contribution in [3.8, 4) is 0 Å². The highest BCUT2D eigenvalue weighted by atomic mass is 32.2. The van der Waals surface area contributed by atoms with E-state index in [4.69, 9.17) is 9.52 Å². The number of carboxylic acids is 1. The van der Waals surface area contributed by atoms with Crippen LogP contribution in [0, 0.1) is 0 Å². The van der Waals surface area contributed by atoms with Crippen molar-refractivity contribution in [2.75, 3.05) is 4.90 Å². The minimum Gasteiger partial charge on any atom is -0.481 e. The number of hydrogen-bond acceptors (Lipinski definition) is 6. The van der Waals surface area contributed by atoms with Crippen molar-refractivity contribution in [2.45, 2.75) is 18.6 Å². The zero-order valence-electron chi connectivity index (χ0n) is 13.3. The van der Waals surface area contributed by atoms with Crippen molar-refractivity contribution in [2.24, 2.45) is 10.2 Å². The highest BCUT2D eigenvalue weighted by Crippen LogP contribution is 2.33. The van der Waals surface area contributed by atoms with E-state index in [0.29, 0.717) is 22.3 Å². The number of para-hydroxylation sites is 1. The van der Waals surface area contributed by atoms with Crippen LogP contribution >= 0.6 is 11.8 Å². The first-order valence-electron chi connectivity index (χ1n) is 7.50. The van der Waals surface area contributed by atoms with E-state index >= 15 is 0 Å². The SMILES string of the molecule is C/C(=N\N=C1/SC(CC(=O)O)C(=O)N1c1ccccc1)c1ccco1. The Balaban J connectivity index is 1.94. The van der Waals surface area contributed by atoms with E-state index in [1.54, 1.807) is 43.3 Å². The molecule has 25 heavy (non-hydrogen) atoms. The Kier molecular flexibility index (Phi) is 4.99. The number of rotatable bonds is 5. The van der Waals surface area contributed by atoms with Crippen LogP contribution in [-0.2, 0) is 9.59 Å². The largest absolute Gasteiger partial charge is 0.481 e. The van der Waals surface area contributed by atoms with Gasteiger partial charge in [-0.1, -0.05) is 30.0 Å². The van der Waals surface area contributed by atoms with Gasteiger partial charge in [0, 0.05) is 0 Å². The number of carbonyl (C=O) groups is 2. The standard InChI is InChI=1S/C17H15N3O4S/c1-11(13-8-5-9-24-13)18-19-17-20(12-6-3-2-4-7-12)16(23)14(25-17)10-15(21)22/h2-9,14H,10H2,1H3,(H,21,22)/b18-11+,19-17-. The van der Waals surface area contributed by atoms with Crippen LogP contribution in [0.25, 0.3) is 0 Å². The normalized spacial score (nSPS) is 19.6. The van der Waals surface area contributed by atoms with Gasteiger partial charge in [-0.05, 0) is 31.2 Å². The van der Waals surface area contributed by atoms with E-state index in [1.807, 2.05) is 6.07 Å². The number of anilines is 1. The van der Waals surface area contributed by atoms with E-state index in [-0.39, 0.29) is 12.3 Å².